The van der Waals surface area contributed by atoms with Crippen LogP contribution in [0, 0.1) is 11.3 Å². The Balaban J connectivity index is 2.43. The minimum atomic E-state index is -1.11. The van der Waals surface area contributed by atoms with Gasteiger partial charge in [0.2, 0.25) is 5.91 Å². The van der Waals surface area contributed by atoms with Gasteiger partial charge in [-0.15, -0.1) is 0 Å². The van der Waals surface area contributed by atoms with Crippen molar-refractivity contribution >= 4 is 11.9 Å². The van der Waals surface area contributed by atoms with Gasteiger partial charge in [0.15, 0.2) is 0 Å². The zero-order valence-corrected chi connectivity index (χ0v) is 10.2. The lowest BCUT2D eigenvalue weighted by atomic mass is 9.99. The summed E-state index contributed by atoms with van der Waals surface area (Å²) in [5.41, 5.74) is -1.11. The molecule has 2 unspecified atom stereocenters. The fraction of sp³-hybridized carbons (Fsp3) is 0.833. The summed E-state index contributed by atoms with van der Waals surface area (Å²) in [6.45, 7) is 6.17. The number of carboxylic acid groups (broad SMARTS) is 1. The molecule has 0 aromatic heterocycles. The van der Waals surface area contributed by atoms with Gasteiger partial charge in [0.25, 0.3) is 0 Å². The van der Waals surface area contributed by atoms with Gasteiger partial charge in [0.1, 0.15) is 5.41 Å². The number of hydrogen-bond donors (Lipinski definition) is 2. The average Bonchev–Trinajstić information content (AvgIpc) is 2.97. The fourth-order valence-corrected chi connectivity index (χ4v) is 1.85. The van der Waals surface area contributed by atoms with Gasteiger partial charge in [-0.3, -0.25) is 9.59 Å². The molecule has 0 spiro atoms. The van der Waals surface area contributed by atoms with Gasteiger partial charge in [-0.2, -0.15) is 0 Å². The molecule has 1 aliphatic rings. The van der Waals surface area contributed by atoms with Crippen molar-refractivity contribution in [1.82, 2.24) is 5.32 Å². The lowest BCUT2D eigenvalue weighted by Crippen LogP contribution is -2.42. The van der Waals surface area contributed by atoms with Crippen LogP contribution in [-0.2, 0) is 9.59 Å². The first kappa shape index (κ1) is 13.0. The molecule has 16 heavy (non-hydrogen) atoms. The fourth-order valence-electron chi connectivity index (χ4n) is 1.85. The highest BCUT2D eigenvalue weighted by atomic mass is 16.4. The largest absolute Gasteiger partial charge is 0.480 e. The first-order valence-corrected chi connectivity index (χ1v) is 5.96. The number of carbonyl (C=O) groups excluding carboxylic acids is 1. The Morgan fingerprint density at radius 1 is 1.38 bits per heavy atom. The van der Waals surface area contributed by atoms with Crippen LogP contribution in [0.3, 0.4) is 0 Å². The maximum atomic E-state index is 11.8. The van der Waals surface area contributed by atoms with Gasteiger partial charge in [-0.1, -0.05) is 20.3 Å². The number of carboxylic acids is 1. The smallest absolute Gasteiger partial charge is 0.319 e. The van der Waals surface area contributed by atoms with Crippen molar-refractivity contribution < 1.29 is 14.7 Å². The van der Waals surface area contributed by atoms with E-state index in [0.29, 0.717) is 18.8 Å². The molecule has 0 saturated heterocycles. The average molecular weight is 227 g/mol. The van der Waals surface area contributed by atoms with E-state index in [0.717, 1.165) is 12.8 Å². The van der Waals surface area contributed by atoms with Crippen molar-refractivity contribution in [2.75, 3.05) is 0 Å². The van der Waals surface area contributed by atoms with Gasteiger partial charge in [-0.05, 0) is 32.1 Å². The van der Waals surface area contributed by atoms with Gasteiger partial charge >= 0.3 is 5.97 Å². The minimum absolute atomic E-state index is 0.0549. The zero-order chi connectivity index (χ0) is 12.3. The molecule has 1 saturated carbocycles. The van der Waals surface area contributed by atoms with Crippen LogP contribution in [0.25, 0.3) is 0 Å². The molecule has 1 aliphatic carbocycles. The van der Waals surface area contributed by atoms with Gasteiger partial charge in [0, 0.05) is 6.04 Å². The quantitative estimate of drug-likeness (QED) is 0.680. The number of carbonyl (C=O) groups is 2. The monoisotopic (exact) mass is 227 g/mol. The molecule has 1 amide bonds. The highest BCUT2D eigenvalue weighted by Gasteiger charge is 2.57. The molecule has 0 radical (unpaired) electrons. The molecule has 4 heteroatoms. The van der Waals surface area contributed by atoms with Crippen LogP contribution in [-0.4, -0.2) is 23.0 Å². The van der Waals surface area contributed by atoms with E-state index in [1.165, 1.54) is 0 Å². The van der Waals surface area contributed by atoms with Crippen LogP contribution < -0.4 is 5.32 Å². The maximum Gasteiger partial charge on any atom is 0.319 e. The Hall–Kier alpha value is -1.06. The zero-order valence-electron chi connectivity index (χ0n) is 10.2. The molecule has 0 bridgehead atoms. The van der Waals surface area contributed by atoms with Crippen molar-refractivity contribution in [1.29, 1.82) is 0 Å². The van der Waals surface area contributed by atoms with E-state index in [4.69, 9.17) is 5.11 Å². The van der Waals surface area contributed by atoms with Crippen molar-refractivity contribution in [2.45, 2.75) is 52.5 Å². The third-order valence-corrected chi connectivity index (χ3v) is 3.42. The second-order valence-electron chi connectivity index (χ2n) is 5.01. The van der Waals surface area contributed by atoms with Crippen molar-refractivity contribution in [2.24, 2.45) is 11.3 Å². The number of amides is 1. The summed E-state index contributed by atoms with van der Waals surface area (Å²) < 4.78 is 0. The van der Waals surface area contributed by atoms with Crippen LogP contribution >= 0.6 is 0 Å². The van der Waals surface area contributed by atoms with E-state index in [-0.39, 0.29) is 11.9 Å². The predicted octanol–water partition coefficient (Wildman–Crippen LogP) is 1.79. The van der Waals surface area contributed by atoms with Gasteiger partial charge in [0.05, 0.1) is 0 Å². The molecule has 0 aromatic carbocycles. The third kappa shape index (κ3) is 2.74. The second-order valence-corrected chi connectivity index (χ2v) is 5.01. The molecule has 1 rings (SSSR count). The second kappa shape index (κ2) is 4.85. The van der Waals surface area contributed by atoms with Gasteiger partial charge in [-0.25, -0.2) is 0 Å². The van der Waals surface area contributed by atoms with E-state index in [9.17, 15) is 9.59 Å². The molecule has 0 aromatic rings. The molecule has 4 nitrogen and oxygen atoms in total. The van der Waals surface area contributed by atoms with E-state index >= 15 is 0 Å². The Morgan fingerprint density at radius 3 is 2.31 bits per heavy atom. The molecule has 1 fully saturated rings. The van der Waals surface area contributed by atoms with Crippen LogP contribution in [0.2, 0.25) is 0 Å². The molecule has 92 valence electrons. The standard InChI is InChI=1S/C12H21NO3/c1-4-8(2)7-9(3)13-10(14)12(5-6-12)11(15)16/h8-9H,4-7H2,1-3H3,(H,13,14)(H,15,16). The first-order chi connectivity index (χ1) is 7.42. The summed E-state index contributed by atoms with van der Waals surface area (Å²) in [6.07, 6.45) is 2.93. The van der Waals surface area contributed by atoms with E-state index in [2.05, 4.69) is 19.2 Å². The molecular weight excluding hydrogens is 206 g/mol. The molecule has 2 N–H and O–H groups in total. The number of rotatable bonds is 6. The summed E-state index contributed by atoms with van der Waals surface area (Å²) in [5, 5.41) is 11.8. The minimum Gasteiger partial charge on any atom is -0.480 e. The molecule has 2 atom stereocenters. The topological polar surface area (TPSA) is 66.4 Å². The highest BCUT2D eigenvalue weighted by Crippen LogP contribution is 2.46. The van der Waals surface area contributed by atoms with E-state index in [1.54, 1.807) is 0 Å². The summed E-state index contributed by atoms with van der Waals surface area (Å²) in [7, 11) is 0. The SMILES string of the molecule is CCC(C)CC(C)NC(=O)C1(C(=O)O)CC1. The number of aliphatic carboxylic acids is 1. The summed E-state index contributed by atoms with van der Waals surface area (Å²) >= 11 is 0. The summed E-state index contributed by atoms with van der Waals surface area (Å²) in [6, 6.07) is 0.0549. The van der Waals surface area contributed by atoms with Crippen molar-refractivity contribution in [3.63, 3.8) is 0 Å². The van der Waals surface area contributed by atoms with Crippen molar-refractivity contribution in [3.8, 4) is 0 Å². The van der Waals surface area contributed by atoms with Crippen molar-refractivity contribution in [3.05, 3.63) is 0 Å². The van der Waals surface area contributed by atoms with Crippen LogP contribution in [0.5, 0.6) is 0 Å². The third-order valence-electron chi connectivity index (χ3n) is 3.42. The van der Waals surface area contributed by atoms with Gasteiger partial charge < -0.3 is 10.4 Å². The molecule has 0 aliphatic heterocycles. The van der Waals surface area contributed by atoms with Crippen LogP contribution in [0.1, 0.15) is 46.5 Å². The number of hydrogen-bond acceptors (Lipinski definition) is 2. The van der Waals surface area contributed by atoms with E-state index < -0.39 is 11.4 Å². The summed E-state index contributed by atoms with van der Waals surface area (Å²) in [5.74, 6) is -0.744. The van der Waals surface area contributed by atoms with E-state index in [1.807, 2.05) is 6.92 Å². The Bertz CT molecular complexity index is 284. The molecule has 0 heterocycles. The number of nitrogens with one attached hydrogen (secondary N) is 1. The van der Waals surface area contributed by atoms with Crippen LogP contribution in [0.15, 0.2) is 0 Å². The summed E-state index contributed by atoms with van der Waals surface area (Å²) in [4.78, 5) is 22.7. The first-order valence-electron chi connectivity index (χ1n) is 5.96. The lowest BCUT2D eigenvalue weighted by Gasteiger charge is -2.19. The normalized spacial score (nSPS) is 20.9. The Kier molecular flexibility index (Phi) is 3.94. The molecular formula is C12H21NO3. The lowest BCUT2D eigenvalue weighted by molar-refractivity contribution is -0.149. The maximum absolute atomic E-state index is 11.8. The highest BCUT2D eigenvalue weighted by molar-refractivity contribution is 6.04. The van der Waals surface area contributed by atoms with Crippen LogP contribution in [0.4, 0.5) is 0 Å². The predicted molar refractivity (Wildman–Crippen MR) is 61.0 cm³/mol. The Labute approximate surface area is 96.4 Å². The Morgan fingerprint density at radius 2 is 1.94 bits per heavy atom.